The van der Waals surface area contributed by atoms with Crippen LogP contribution in [-0.2, 0) is 28.7 Å². The number of aryl methyl sites for hydroxylation is 1. The standard InChI is InChI=1S/C21H29N3O2S/c1-17-13-22-21(24(17)15-18-9-10-18)12-20-8-5-11-23(14-20)27(25,26)16-19-6-3-2-4-7-19/h2-4,6-7,13,18,20H,5,8-12,14-16H2,1H3/t20-/m1/s1. The van der Waals surface area contributed by atoms with E-state index in [2.05, 4.69) is 16.5 Å². The number of imidazole rings is 1. The number of nitrogens with zero attached hydrogens (tertiary/aromatic N) is 3. The minimum absolute atomic E-state index is 0.0932. The zero-order chi connectivity index (χ0) is 18.9. The van der Waals surface area contributed by atoms with Gasteiger partial charge in [-0.1, -0.05) is 30.3 Å². The molecule has 0 radical (unpaired) electrons. The van der Waals surface area contributed by atoms with Gasteiger partial charge in [0.15, 0.2) is 0 Å². The molecule has 2 fully saturated rings. The van der Waals surface area contributed by atoms with Crippen LogP contribution in [0, 0.1) is 18.8 Å². The van der Waals surface area contributed by atoms with Crippen molar-refractivity contribution in [3.8, 4) is 0 Å². The molecule has 6 heteroatoms. The van der Waals surface area contributed by atoms with E-state index in [0.29, 0.717) is 19.0 Å². The van der Waals surface area contributed by atoms with Crippen LogP contribution in [-0.4, -0.2) is 35.4 Å². The van der Waals surface area contributed by atoms with E-state index in [1.54, 1.807) is 4.31 Å². The van der Waals surface area contributed by atoms with Gasteiger partial charge in [-0.3, -0.25) is 0 Å². The summed E-state index contributed by atoms with van der Waals surface area (Å²) in [5.41, 5.74) is 2.08. The summed E-state index contributed by atoms with van der Waals surface area (Å²) in [6.45, 7) is 4.45. The summed E-state index contributed by atoms with van der Waals surface area (Å²) in [5, 5.41) is 0. The first-order valence-electron chi connectivity index (χ1n) is 10.0. The lowest BCUT2D eigenvalue weighted by Gasteiger charge is -2.32. The first kappa shape index (κ1) is 18.7. The molecule has 2 aliphatic rings. The molecule has 0 N–H and O–H groups in total. The van der Waals surface area contributed by atoms with Gasteiger partial charge in [-0.2, -0.15) is 0 Å². The maximum atomic E-state index is 12.9. The van der Waals surface area contributed by atoms with Gasteiger partial charge in [-0.25, -0.2) is 17.7 Å². The van der Waals surface area contributed by atoms with Gasteiger partial charge < -0.3 is 4.57 Å². The van der Waals surface area contributed by atoms with E-state index < -0.39 is 10.0 Å². The molecule has 0 amide bonds. The highest BCUT2D eigenvalue weighted by Crippen LogP contribution is 2.32. The zero-order valence-electron chi connectivity index (χ0n) is 16.0. The summed E-state index contributed by atoms with van der Waals surface area (Å²) >= 11 is 0. The van der Waals surface area contributed by atoms with Gasteiger partial charge in [-0.15, -0.1) is 0 Å². The van der Waals surface area contributed by atoms with Crippen LogP contribution in [0.25, 0.3) is 0 Å². The fraction of sp³-hybridized carbons (Fsp3) is 0.571. The smallest absolute Gasteiger partial charge is 0.218 e. The second-order valence-electron chi connectivity index (χ2n) is 8.18. The summed E-state index contributed by atoms with van der Waals surface area (Å²) in [6, 6.07) is 9.48. The molecular formula is C21H29N3O2S. The average molecular weight is 388 g/mol. The van der Waals surface area contributed by atoms with Gasteiger partial charge in [0.05, 0.1) is 5.75 Å². The minimum Gasteiger partial charge on any atom is -0.332 e. The van der Waals surface area contributed by atoms with Crippen LogP contribution < -0.4 is 0 Å². The minimum atomic E-state index is -3.27. The van der Waals surface area contributed by atoms with Gasteiger partial charge in [-0.05, 0) is 50.0 Å². The molecule has 1 aromatic heterocycles. The number of hydrogen-bond acceptors (Lipinski definition) is 3. The van der Waals surface area contributed by atoms with Crippen LogP contribution in [0.15, 0.2) is 36.5 Å². The van der Waals surface area contributed by atoms with E-state index in [1.165, 1.54) is 18.5 Å². The van der Waals surface area contributed by atoms with Gasteiger partial charge in [0.1, 0.15) is 5.82 Å². The maximum absolute atomic E-state index is 12.9. The van der Waals surface area contributed by atoms with Crippen molar-refractivity contribution in [3.63, 3.8) is 0 Å². The van der Waals surface area contributed by atoms with E-state index in [9.17, 15) is 8.42 Å². The number of sulfonamides is 1. The Bertz CT molecular complexity index is 872. The lowest BCUT2D eigenvalue weighted by Crippen LogP contribution is -2.41. The van der Waals surface area contributed by atoms with Crippen molar-refractivity contribution in [2.45, 2.75) is 51.3 Å². The molecule has 1 aliphatic heterocycles. The van der Waals surface area contributed by atoms with Crippen molar-refractivity contribution in [1.82, 2.24) is 13.9 Å². The Labute approximate surface area is 162 Å². The summed E-state index contributed by atoms with van der Waals surface area (Å²) < 4.78 is 29.8. The topological polar surface area (TPSA) is 55.2 Å². The lowest BCUT2D eigenvalue weighted by molar-refractivity contribution is 0.261. The first-order valence-corrected chi connectivity index (χ1v) is 11.6. The Hall–Kier alpha value is -1.66. The van der Waals surface area contributed by atoms with Crippen molar-refractivity contribution >= 4 is 10.0 Å². The third kappa shape index (κ3) is 4.61. The monoisotopic (exact) mass is 387 g/mol. The van der Waals surface area contributed by atoms with Gasteiger partial charge in [0.2, 0.25) is 10.0 Å². The largest absolute Gasteiger partial charge is 0.332 e. The SMILES string of the molecule is Cc1cnc(C[C@H]2CCCN(S(=O)(=O)Cc3ccccc3)C2)n1CC1CC1. The normalized spacial score (nSPS) is 21.4. The van der Waals surface area contributed by atoms with Gasteiger partial charge in [0, 0.05) is 37.9 Å². The van der Waals surface area contributed by atoms with E-state index in [0.717, 1.165) is 43.1 Å². The number of rotatable bonds is 7. The summed E-state index contributed by atoms with van der Waals surface area (Å²) in [6.07, 6.45) is 7.49. The zero-order valence-corrected chi connectivity index (χ0v) is 16.9. The molecule has 5 nitrogen and oxygen atoms in total. The predicted octanol–water partition coefficient (Wildman–Crippen LogP) is 3.39. The Morgan fingerprint density at radius 1 is 1.11 bits per heavy atom. The second kappa shape index (κ2) is 7.76. The highest BCUT2D eigenvalue weighted by molar-refractivity contribution is 7.88. The number of aromatic nitrogens is 2. The van der Waals surface area contributed by atoms with E-state index >= 15 is 0 Å². The molecule has 4 rings (SSSR count). The Balaban J connectivity index is 1.42. The third-order valence-corrected chi connectivity index (χ3v) is 7.63. The van der Waals surface area contributed by atoms with Crippen LogP contribution in [0.3, 0.4) is 0 Å². The molecule has 0 bridgehead atoms. The van der Waals surface area contributed by atoms with Crippen LogP contribution in [0.4, 0.5) is 0 Å². The molecule has 2 heterocycles. The van der Waals surface area contributed by atoms with E-state index in [-0.39, 0.29) is 5.75 Å². The Morgan fingerprint density at radius 2 is 1.89 bits per heavy atom. The summed E-state index contributed by atoms with van der Waals surface area (Å²) in [7, 11) is -3.27. The molecule has 1 aliphatic carbocycles. The lowest BCUT2D eigenvalue weighted by atomic mass is 9.96. The van der Waals surface area contributed by atoms with Gasteiger partial charge in [0.25, 0.3) is 0 Å². The Kier molecular flexibility index (Phi) is 5.37. The summed E-state index contributed by atoms with van der Waals surface area (Å²) in [5.74, 6) is 2.39. The molecule has 1 atom stereocenters. The van der Waals surface area contributed by atoms with E-state index in [4.69, 9.17) is 0 Å². The highest BCUT2D eigenvalue weighted by Gasteiger charge is 2.30. The molecule has 1 saturated heterocycles. The predicted molar refractivity (Wildman–Crippen MR) is 107 cm³/mol. The van der Waals surface area contributed by atoms with Gasteiger partial charge >= 0.3 is 0 Å². The van der Waals surface area contributed by atoms with Crippen molar-refractivity contribution < 1.29 is 8.42 Å². The maximum Gasteiger partial charge on any atom is 0.218 e. The fourth-order valence-corrected chi connectivity index (χ4v) is 5.70. The Morgan fingerprint density at radius 3 is 2.63 bits per heavy atom. The second-order valence-corrected chi connectivity index (χ2v) is 10.2. The molecule has 1 aromatic carbocycles. The molecule has 0 spiro atoms. The molecule has 146 valence electrons. The van der Waals surface area contributed by atoms with Crippen LogP contribution in [0.5, 0.6) is 0 Å². The number of hydrogen-bond donors (Lipinski definition) is 0. The van der Waals surface area contributed by atoms with E-state index in [1.807, 2.05) is 36.5 Å². The molecule has 0 unspecified atom stereocenters. The van der Waals surface area contributed by atoms with Crippen molar-refractivity contribution in [2.75, 3.05) is 13.1 Å². The average Bonchev–Trinajstić information content (AvgIpc) is 3.42. The fourth-order valence-electron chi connectivity index (χ4n) is 4.06. The van der Waals surface area contributed by atoms with Crippen molar-refractivity contribution in [1.29, 1.82) is 0 Å². The van der Waals surface area contributed by atoms with Crippen LogP contribution in [0.2, 0.25) is 0 Å². The number of benzene rings is 1. The number of piperidine rings is 1. The molecule has 2 aromatic rings. The third-order valence-electron chi connectivity index (χ3n) is 5.81. The highest BCUT2D eigenvalue weighted by atomic mass is 32.2. The quantitative estimate of drug-likeness (QED) is 0.732. The van der Waals surface area contributed by atoms with Crippen LogP contribution in [0.1, 0.15) is 42.8 Å². The van der Waals surface area contributed by atoms with Crippen LogP contribution >= 0.6 is 0 Å². The first-order chi connectivity index (χ1) is 13.0. The molecule has 1 saturated carbocycles. The van der Waals surface area contributed by atoms with Crippen molar-refractivity contribution in [2.24, 2.45) is 11.8 Å². The molecule has 27 heavy (non-hydrogen) atoms. The van der Waals surface area contributed by atoms with Crippen molar-refractivity contribution in [3.05, 3.63) is 53.6 Å². The summed E-state index contributed by atoms with van der Waals surface area (Å²) in [4.78, 5) is 4.64. The molecular weight excluding hydrogens is 358 g/mol.